The Morgan fingerprint density at radius 3 is 1.45 bits per heavy atom. The molecule has 0 amide bonds. The molecule has 0 aromatic heterocycles. The number of hydrogen-bond donors (Lipinski definition) is 4. The Morgan fingerprint density at radius 1 is 0.575 bits per heavy atom. The molecule has 1 aliphatic heterocycles. The van der Waals surface area contributed by atoms with Crippen LogP contribution in [-0.2, 0) is 35.3 Å². The van der Waals surface area contributed by atoms with E-state index in [4.69, 9.17) is 15.2 Å². The highest BCUT2D eigenvalue weighted by Crippen LogP contribution is 2.46. The highest BCUT2D eigenvalue weighted by molar-refractivity contribution is 5.30. The van der Waals surface area contributed by atoms with Crippen molar-refractivity contribution in [3.05, 3.63) is 144 Å². The van der Waals surface area contributed by atoms with Crippen LogP contribution in [0.2, 0.25) is 0 Å². The van der Waals surface area contributed by atoms with Gasteiger partial charge in [0.15, 0.2) is 5.79 Å². The van der Waals surface area contributed by atoms with Crippen molar-refractivity contribution >= 4 is 0 Å². The van der Waals surface area contributed by atoms with Gasteiger partial charge in [-0.2, -0.15) is 0 Å². The summed E-state index contributed by atoms with van der Waals surface area (Å²) in [4.78, 5) is 0. The van der Waals surface area contributed by atoms with Crippen LogP contribution >= 0.6 is 0 Å². The zero-order valence-electron chi connectivity index (χ0n) is 22.5. The molecule has 4 aromatic rings. The Kier molecular flexibility index (Phi) is 8.47. The van der Waals surface area contributed by atoms with E-state index in [0.29, 0.717) is 0 Å². The van der Waals surface area contributed by atoms with Crippen LogP contribution in [0, 0.1) is 0 Å². The normalized spacial score (nSPS) is 28.3. The second kappa shape index (κ2) is 12.0. The van der Waals surface area contributed by atoms with Crippen molar-refractivity contribution in [3.8, 4) is 0 Å². The van der Waals surface area contributed by atoms with E-state index in [1.165, 1.54) is 0 Å². The van der Waals surface area contributed by atoms with Crippen LogP contribution in [0.3, 0.4) is 0 Å². The molecule has 0 bridgehead atoms. The van der Waals surface area contributed by atoms with Gasteiger partial charge in [0.05, 0.1) is 19.3 Å². The zero-order chi connectivity index (χ0) is 28.1. The van der Waals surface area contributed by atoms with E-state index in [9.17, 15) is 15.3 Å². The van der Waals surface area contributed by atoms with Crippen molar-refractivity contribution in [2.45, 2.75) is 55.0 Å². The van der Waals surface area contributed by atoms with Crippen LogP contribution in [0.25, 0.3) is 0 Å². The summed E-state index contributed by atoms with van der Waals surface area (Å²) < 4.78 is 12.4. The van der Waals surface area contributed by atoms with Crippen molar-refractivity contribution in [2.75, 3.05) is 6.61 Å². The van der Waals surface area contributed by atoms with Gasteiger partial charge in [0.25, 0.3) is 0 Å². The Balaban J connectivity index is 1.55. The van der Waals surface area contributed by atoms with E-state index in [0.717, 1.165) is 22.3 Å². The molecular weight excluding hydrogens is 502 g/mol. The maximum Gasteiger partial charge on any atom is 0.188 e. The minimum absolute atomic E-state index is 0.00792. The third kappa shape index (κ3) is 5.88. The molecule has 40 heavy (non-hydrogen) atoms. The van der Waals surface area contributed by atoms with Gasteiger partial charge in [-0.05, 0) is 22.3 Å². The molecule has 6 nitrogen and oxygen atoms in total. The molecule has 0 aliphatic carbocycles. The van der Waals surface area contributed by atoms with Crippen LogP contribution in [0.5, 0.6) is 0 Å². The third-order valence-electron chi connectivity index (χ3n) is 7.94. The summed E-state index contributed by atoms with van der Waals surface area (Å²) in [6.07, 6.45) is -1.01. The first-order chi connectivity index (χ1) is 19.3. The fourth-order valence-corrected chi connectivity index (χ4v) is 5.75. The molecule has 4 aromatic carbocycles. The summed E-state index contributed by atoms with van der Waals surface area (Å²) in [7, 11) is 0. The molecule has 1 fully saturated rings. The van der Waals surface area contributed by atoms with Gasteiger partial charge in [-0.1, -0.05) is 121 Å². The van der Waals surface area contributed by atoms with E-state index in [1.54, 1.807) is 0 Å². The van der Waals surface area contributed by atoms with E-state index in [1.807, 2.05) is 121 Å². The highest BCUT2D eigenvalue weighted by Gasteiger charge is 2.67. The van der Waals surface area contributed by atoms with Gasteiger partial charge in [-0.25, -0.2) is 0 Å². The first kappa shape index (κ1) is 28.2. The standard InChI is InChI=1S/C34H37NO5/c35-31-33(37,22-27-15-7-2-8-16-27)32(36,21-26-13-5-1-6-14-26)30(25-39-24-29-19-11-4-12-20-29)40-34(31,38)23-28-17-9-3-10-18-28/h1-20,30-31,36-38H,21-25,35H2/t30-,31-,32-,33-,34?/m1/s1. The first-order valence-electron chi connectivity index (χ1n) is 13.7. The third-order valence-corrected chi connectivity index (χ3v) is 7.94. The molecule has 5 atom stereocenters. The maximum atomic E-state index is 12.6. The van der Waals surface area contributed by atoms with Gasteiger partial charge < -0.3 is 30.5 Å². The van der Waals surface area contributed by atoms with Crippen LogP contribution in [0.4, 0.5) is 0 Å². The molecule has 6 heteroatoms. The van der Waals surface area contributed by atoms with Gasteiger partial charge in [0, 0.05) is 19.3 Å². The number of benzene rings is 4. The van der Waals surface area contributed by atoms with Gasteiger partial charge >= 0.3 is 0 Å². The number of ether oxygens (including phenoxy) is 2. The number of hydrogen-bond acceptors (Lipinski definition) is 6. The Morgan fingerprint density at radius 2 is 0.975 bits per heavy atom. The van der Waals surface area contributed by atoms with E-state index >= 15 is 0 Å². The molecule has 0 radical (unpaired) electrons. The summed E-state index contributed by atoms with van der Waals surface area (Å²) in [5.74, 6) is -1.98. The lowest BCUT2D eigenvalue weighted by Crippen LogP contribution is -2.82. The lowest BCUT2D eigenvalue weighted by molar-refractivity contribution is -0.371. The van der Waals surface area contributed by atoms with Gasteiger partial charge in [0.1, 0.15) is 17.3 Å². The fraction of sp³-hybridized carbons (Fsp3) is 0.294. The van der Waals surface area contributed by atoms with Crippen LogP contribution in [0.1, 0.15) is 22.3 Å². The monoisotopic (exact) mass is 539 g/mol. The van der Waals surface area contributed by atoms with E-state index in [2.05, 4.69) is 0 Å². The van der Waals surface area contributed by atoms with Crippen LogP contribution in [-0.4, -0.2) is 51.1 Å². The minimum atomic E-state index is -1.98. The molecule has 208 valence electrons. The topological polar surface area (TPSA) is 105 Å². The average molecular weight is 540 g/mol. The molecule has 0 saturated carbocycles. The average Bonchev–Trinajstić information content (AvgIpc) is 2.97. The molecule has 0 spiro atoms. The Labute approximate surface area is 235 Å². The van der Waals surface area contributed by atoms with Crippen molar-refractivity contribution in [1.29, 1.82) is 0 Å². The smallest absolute Gasteiger partial charge is 0.188 e. The molecule has 1 aliphatic rings. The lowest BCUT2D eigenvalue weighted by Gasteiger charge is -2.59. The minimum Gasteiger partial charge on any atom is -0.385 e. The van der Waals surface area contributed by atoms with Crippen molar-refractivity contribution in [3.63, 3.8) is 0 Å². The number of nitrogens with two attached hydrogens (primary N) is 1. The fourth-order valence-electron chi connectivity index (χ4n) is 5.75. The Bertz CT molecular complexity index is 1340. The summed E-state index contributed by atoms with van der Waals surface area (Å²) in [5.41, 5.74) is 6.22. The second-order valence-electron chi connectivity index (χ2n) is 10.8. The Hall–Kier alpha value is -3.36. The largest absolute Gasteiger partial charge is 0.385 e. The van der Waals surface area contributed by atoms with Crippen LogP contribution < -0.4 is 5.73 Å². The van der Waals surface area contributed by atoms with Crippen molar-refractivity contribution in [2.24, 2.45) is 5.73 Å². The molecule has 5 rings (SSSR count). The van der Waals surface area contributed by atoms with Gasteiger partial charge in [-0.3, -0.25) is 0 Å². The van der Waals surface area contributed by atoms with E-state index in [-0.39, 0.29) is 32.5 Å². The summed E-state index contributed by atoms with van der Waals surface area (Å²) in [5, 5.41) is 37.2. The van der Waals surface area contributed by atoms with Gasteiger partial charge in [0.2, 0.25) is 0 Å². The summed E-state index contributed by atoms with van der Waals surface area (Å²) in [6, 6.07) is 36.5. The first-order valence-corrected chi connectivity index (χ1v) is 13.7. The highest BCUT2D eigenvalue weighted by atomic mass is 16.7. The summed E-state index contributed by atoms with van der Waals surface area (Å²) in [6.45, 7) is 0.210. The SMILES string of the molecule is N[C@H]1C(O)(Cc2ccccc2)O[C@H](COCc2ccccc2)[C@](O)(Cc2ccccc2)[C@@]1(O)Cc1ccccc1. The van der Waals surface area contributed by atoms with E-state index < -0.39 is 29.1 Å². The molecule has 1 unspecified atom stereocenters. The second-order valence-corrected chi connectivity index (χ2v) is 10.8. The van der Waals surface area contributed by atoms with Crippen molar-refractivity contribution < 1.29 is 24.8 Å². The molecular formula is C34H37NO5. The predicted molar refractivity (Wildman–Crippen MR) is 154 cm³/mol. The van der Waals surface area contributed by atoms with Crippen LogP contribution in [0.15, 0.2) is 121 Å². The quantitative estimate of drug-likeness (QED) is 0.244. The molecule has 1 heterocycles. The number of rotatable bonds is 10. The maximum absolute atomic E-state index is 12.6. The zero-order valence-corrected chi connectivity index (χ0v) is 22.5. The van der Waals surface area contributed by atoms with Crippen molar-refractivity contribution in [1.82, 2.24) is 0 Å². The molecule has 5 N–H and O–H groups in total. The van der Waals surface area contributed by atoms with Gasteiger partial charge in [-0.15, -0.1) is 0 Å². The number of aliphatic hydroxyl groups is 3. The lowest BCUT2D eigenvalue weighted by atomic mass is 9.63. The predicted octanol–water partition coefficient (Wildman–Crippen LogP) is 3.81. The summed E-state index contributed by atoms with van der Waals surface area (Å²) >= 11 is 0. The molecule has 1 saturated heterocycles.